The quantitative estimate of drug-likeness (QED) is 0.908. The molecule has 3 unspecified atom stereocenters. The lowest BCUT2D eigenvalue weighted by molar-refractivity contribution is -0.137. The van der Waals surface area contributed by atoms with Crippen LogP contribution in [0.15, 0.2) is 18.2 Å². The second-order valence-electron chi connectivity index (χ2n) is 6.50. The summed E-state index contributed by atoms with van der Waals surface area (Å²) in [5.41, 5.74) is 7.25. The molecule has 2 fully saturated rings. The monoisotopic (exact) mass is 298 g/mol. The molecule has 3 atom stereocenters. The van der Waals surface area contributed by atoms with Crippen molar-refractivity contribution in [1.29, 1.82) is 0 Å². The van der Waals surface area contributed by atoms with Crippen LogP contribution in [-0.4, -0.2) is 24.0 Å². The van der Waals surface area contributed by atoms with E-state index in [2.05, 4.69) is 4.90 Å². The molecule has 1 aromatic carbocycles. The van der Waals surface area contributed by atoms with Gasteiger partial charge in [-0.1, -0.05) is 6.07 Å². The third-order valence-electron chi connectivity index (χ3n) is 5.05. The number of hydrogen-bond acceptors (Lipinski definition) is 2. The number of halogens is 3. The molecule has 1 aliphatic carbocycles. The highest BCUT2D eigenvalue weighted by Gasteiger charge is 2.40. The molecule has 1 aromatic rings. The van der Waals surface area contributed by atoms with E-state index in [-0.39, 0.29) is 0 Å². The van der Waals surface area contributed by atoms with E-state index in [9.17, 15) is 13.2 Å². The van der Waals surface area contributed by atoms with Gasteiger partial charge in [0, 0.05) is 25.7 Å². The maximum Gasteiger partial charge on any atom is 0.416 e. The first-order valence-electron chi connectivity index (χ1n) is 7.49. The highest BCUT2D eigenvalue weighted by Crippen LogP contribution is 2.38. The van der Waals surface area contributed by atoms with Crippen LogP contribution in [0.25, 0.3) is 0 Å². The van der Waals surface area contributed by atoms with Crippen molar-refractivity contribution >= 4 is 0 Å². The van der Waals surface area contributed by atoms with Gasteiger partial charge in [-0.2, -0.15) is 13.2 Å². The van der Waals surface area contributed by atoms with E-state index < -0.39 is 11.7 Å². The van der Waals surface area contributed by atoms with Crippen LogP contribution in [0.1, 0.15) is 29.5 Å². The Bertz CT molecular complexity index is 527. The molecule has 5 heteroatoms. The van der Waals surface area contributed by atoms with Gasteiger partial charge in [0.2, 0.25) is 0 Å². The zero-order valence-corrected chi connectivity index (χ0v) is 12.2. The van der Waals surface area contributed by atoms with Gasteiger partial charge in [0.25, 0.3) is 0 Å². The van der Waals surface area contributed by atoms with E-state index in [1.54, 1.807) is 13.0 Å². The van der Waals surface area contributed by atoms with Crippen molar-refractivity contribution in [2.24, 2.45) is 17.6 Å². The van der Waals surface area contributed by atoms with Crippen LogP contribution in [0.4, 0.5) is 13.2 Å². The largest absolute Gasteiger partial charge is 0.416 e. The van der Waals surface area contributed by atoms with Crippen molar-refractivity contribution in [3.05, 3.63) is 34.9 Å². The minimum Gasteiger partial charge on any atom is -0.327 e. The molecule has 0 aromatic heterocycles. The minimum atomic E-state index is -4.26. The Morgan fingerprint density at radius 1 is 1.24 bits per heavy atom. The average Bonchev–Trinajstić information content (AvgIpc) is 2.93. The lowest BCUT2D eigenvalue weighted by Crippen LogP contribution is -2.30. The lowest BCUT2D eigenvalue weighted by atomic mass is 9.98. The predicted octanol–water partition coefficient (Wildman–Crippen LogP) is 3.18. The second kappa shape index (κ2) is 5.29. The summed E-state index contributed by atoms with van der Waals surface area (Å²) >= 11 is 0. The van der Waals surface area contributed by atoms with E-state index >= 15 is 0 Å². The van der Waals surface area contributed by atoms with Crippen molar-refractivity contribution in [3.63, 3.8) is 0 Å². The molecule has 1 saturated carbocycles. The highest BCUT2D eigenvalue weighted by molar-refractivity contribution is 5.32. The molecule has 1 saturated heterocycles. The second-order valence-corrected chi connectivity index (χ2v) is 6.50. The Morgan fingerprint density at radius 3 is 2.62 bits per heavy atom. The number of fused-ring (bicyclic) bond motifs is 1. The Morgan fingerprint density at radius 2 is 2.00 bits per heavy atom. The van der Waals surface area contributed by atoms with Crippen LogP contribution >= 0.6 is 0 Å². The van der Waals surface area contributed by atoms with E-state index in [0.29, 0.717) is 23.4 Å². The zero-order valence-electron chi connectivity index (χ0n) is 12.2. The number of benzene rings is 1. The van der Waals surface area contributed by atoms with Crippen molar-refractivity contribution in [3.8, 4) is 0 Å². The third-order valence-corrected chi connectivity index (χ3v) is 5.05. The third kappa shape index (κ3) is 2.94. The van der Waals surface area contributed by atoms with Gasteiger partial charge in [-0.15, -0.1) is 0 Å². The first kappa shape index (κ1) is 14.9. The predicted molar refractivity (Wildman–Crippen MR) is 75.6 cm³/mol. The number of aryl methyl sites for hydroxylation is 1. The SMILES string of the molecule is Cc1cc(C(F)(F)F)ccc1CN1CC2CCC(N)C2C1. The van der Waals surface area contributed by atoms with Crippen LogP contribution in [0.2, 0.25) is 0 Å². The molecule has 2 nitrogen and oxygen atoms in total. The first-order chi connectivity index (χ1) is 9.84. The minimum absolute atomic E-state index is 0.300. The molecular weight excluding hydrogens is 277 g/mol. The Labute approximate surface area is 123 Å². The van der Waals surface area contributed by atoms with Crippen molar-refractivity contribution in [2.45, 2.75) is 38.5 Å². The summed E-state index contributed by atoms with van der Waals surface area (Å²) in [6, 6.07) is 4.35. The standard InChI is InChI=1S/C16H21F3N2/c1-10-6-13(16(17,18)19)4-2-11(10)7-21-8-12-3-5-15(20)14(12)9-21/h2,4,6,12,14-15H,3,5,7-9,20H2,1H3. The Hall–Kier alpha value is -1.07. The van der Waals surface area contributed by atoms with Crippen LogP contribution < -0.4 is 5.73 Å². The van der Waals surface area contributed by atoms with Gasteiger partial charge in [-0.25, -0.2) is 0 Å². The normalized spacial score (nSPS) is 29.9. The summed E-state index contributed by atoms with van der Waals surface area (Å²) < 4.78 is 38.0. The maximum atomic E-state index is 12.7. The number of rotatable bonds is 2. The molecule has 21 heavy (non-hydrogen) atoms. The number of nitrogens with two attached hydrogens (primary N) is 1. The van der Waals surface area contributed by atoms with E-state index in [1.807, 2.05) is 0 Å². The molecule has 3 rings (SSSR count). The first-order valence-corrected chi connectivity index (χ1v) is 7.49. The van der Waals surface area contributed by atoms with Crippen LogP contribution in [0.3, 0.4) is 0 Å². The molecule has 0 spiro atoms. The Balaban J connectivity index is 1.69. The summed E-state index contributed by atoms with van der Waals surface area (Å²) in [4.78, 5) is 2.34. The van der Waals surface area contributed by atoms with Gasteiger partial charge in [-0.05, 0) is 54.9 Å². The molecule has 0 amide bonds. The van der Waals surface area contributed by atoms with E-state index in [0.717, 1.165) is 31.6 Å². The summed E-state index contributed by atoms with van der Waals surface area (Å²) in [7, 11) is 0. The smallest absolute Gasteiger partial charge is 0.327 e. The highest BCUT2D eigenvalue weighted by atomic mass is 19.4. The number of hydrogen-bond donors (Lipinski definition) is 1. The summed E-state index contributed by atoms with van der Waals surface area (Å²) in [6.07, 6.45) is -1.96. The molecule has 2 aliphatic rings. The summed E-state index contributed by atoms with van der Waals surface area (Å²) in [5, 5.41) is 0. The van der Waals surface area contributed by atoms with E-state index in [4.69, 9.17) is 5.73 Å². The van der Waals surface area contributed by atoms with Gasteiger partial charge in [0.1, 0.15) is 0 Å². The molecule has 0 bridgehead atoms. The molecule has 1 heterocycles. The van der Waals surface area contributed by atoms with Gasteiger partial charge in [0.15, 0.2) is 0 Å². The van der Waals surface area contributed by atoms with Crippen LogP contribution in [0.5, 0.6) is 0 Å². The fourth-order valence-corrected chi connectivity index (χ4v) is 3.82. The number of nitrogens with zero attached hydrogens (tertiary/aromatic N) is 1. The van der Waals surface area contributed by atoms with Crippen molar-refractivity contribution in [1.82, 2.24) is 4.90 Å². The molecule has 1 aliphatic heterocycles. The fraction of sp³-hybridized carbons (Fsp3) is 0.625. The number of likely N-dealkylation sites (tertiary alicyclic amines) is 1. The Kier molecular flexibility index (Phi) is 3.74. The molecule has 116 valence electrons. The average molecular weight is 298 g/mol. The fourth-order valence-electron chi connectivity index (χ4n) is 3.82. The van der Waals surface area contributed by atoms with Crippen molar-refractivity contribution < 1.29 is 13.2 Å². The van der Waals surface area contributed by atoms with Crippen molar-refractivity contribution in [2.75, 3.05) is 13.1 Å². The maximum absolute atomic E-state index is 12.7. The van der Waals surface area contributed by atoms with Gasteiger partial charge < -0.3 is 5.73 Å². The topological polar surface area (TPSA) is 29.3 Å². The van der Waals surface area contributed by atoms with Crippen LogP contribution in [0, 0.1) is 18.8 Å². The molecule has 0 radical (unpaired) electrons. The van der Waals surface area contributed by atoms with Gasteiger partial charge >= 0.3 is 6.18 Å². The summed E-state index contributed by atoms with van der Waals surface area (Å²) in [5.74, 6) is 1.24. The molecular formula is C16H21F3N2. The van der Waals surface area contributed by atoms with E-state index in [1.165, 1.54) is 18.6 Å². The number of alkyl halides is 3. The zero-order chi connectivity index (χ0) is 15.2. The lowest BCUT2D eigenvalue weighted by Gasteiger charge is -2.20. The van der Waals surface area contributed by atoms with Gasteiger partial charge in [-0.3, -0.25) is 4.90 Å². The molecule has 2 N–H and O–H groups in total. The van der Waals surface area contributed by atoms with Gasteiger partial charge in [0.05, 0.1) is 5.56 Å². The summed E-state index contributed by atoms with van der Waals surface area (Å²) in [6.45, 7) is 4.49. The van der Waals surface area contributed by atoms with Crippen LogP contribution in [-0.2, 0) is 12.7 Å².